The number of alkyl halides is 3. The normalized spacial score (nSPS) is 17.3. The molecule has 0 heterocycles. The molecule has 1 saturated carbocycles. The Morgan fingerprint density at radius 1 is 1.27 bits per heavy atom. The highest BCUT2D eigenvalue weighted by Crippen LogP contribution is 2.35. The van der Waals surface area contributed by atoms with E-state index in [1.807, 2.05) is 0 Å². The summed E-state index contributed by atoms with van der Waals surface area (Å²) in [4.78, 5) is 11.9. The molecule has 1 aliphatic carbocycles. The van der Waals surface area contributed by atoms with E-state index in [4.69, 9.17) is 0 Å². The zero-order chi connectivity index (χ0) is 16.4. The molecule has 0 bridgehead atoms. The van der Waals surface area contributed by atoms with Gasteiger partial charge in [-0.3, -0.25) is 0 Å². The third-order valence-corrected chi connectivity index (χ3v) is 3.78. The van der Waals surface area contributed by atoms with Gasteiger partial charge in [0, 0.05) is 0 Å². The number of hydrogen-bond acceptors (Lipinski definition) is 2. The molecule has 0 aliphatic heterocycles. The molecule has 0 atom stereocenters. The van der Waals surface area contributed by atoms with E-state index in [0.29, 0.717) is 18.9 Å². The molecule has 22 heavy (non-hydrogen) atoms. The summed E-state index contributed by atoms with van der Waals surface area (Å²) in [6.07, 6.45) is -2.01. The summed E-state index contributed by atoms with van der Waals surface area (Å²) in [5, 5.41) is 14.0. The molecule has 0 radical (unpaired) electrons. The van der Waals surface area contributed by atoms with Gasteiger partial charge in [-0.1, -0.05) is 12.8 Å². The number of carbonyl (C=O) groups excluding carboxylic acids is 1. The molecule has 0 spiro atoms. The van der Waals surface area contributed by atoms with Crippen LogP contribution in [-0.2, 0) is 6.18 Å². The second kappa shape index (κ2) is 6.12. The van der Waals surface area contributed by atoms with Gasteiger partial charge in [0.1, 0.15) is 5.82 Å². The minimum atomic E-state index is -4.78. The molecule has 1 aromatic rings. The molecule has 1 aliphatic rings. The Morgan fingerprint density at radius 3 is 2.45 bits per heavy atom. The highest BCUT2D eigenvalue weighted by molar-refractivity contribution is 5.90. The van der Waals surface area contributed by atoms with Crippen molar-refractivity contribution in [2.45, 2.75) is 37.4 Å². The first kappa shape index (κ1) is 16.5. The van der Waals surface area contributed by atoms with E-state index in [1.54, 1.807) is 0 Å². The molecule has 1 aromatic carbocycles. The van der Waals surface area contributed by atoms with Gasteiger partial charge < -0.3 is 15.7 Å². The lowest BCUT2D eigenvalue weighted by molar-refractivity contribution is -0.137. The van der Waals surface area contributed by atoms with E-state index in [1.165, 1.54) is 0 Å². The van der Waals surface area contributed by atoms with E-state index in [-0.39, 0.29) is 6.61 Å². The molecule has 2 rings (SSSR count). The highest BCUT2D eigenvalue weighted by atomic mass is 19.4. The van der Waals surface area contributed by atoms with Crippen molar-refractivity contribution in [1.29, 1.82) is 0 Å². The third-order valence-electron chi connectivity index (χ3n) is 3.78. The van der Waals surface area contributed by atoms with Crippen LogP contribution < -0.4 is 10.6 Å². The van der Waals surface area contributed by atoms with Crippen molar-refractivity contribution >= 4 is 11.7 Å². The Kier molecular flexibility index (Phi) is 4.60. The quantitative estimate of drug-likeness (QED) is 0.749. The number of nitrogens with one attached hydrogen (secondary N) is 2. The largest absolute Gasteiger partial charge is 0.418 e. The van der Waals surface area contributed by atoms with Crippen LogP contribution in [0.4, 0.5) is 28.0 Å². The van der Waals surface area contributed by atoms with Crippen LogP contribution in [0, 0.1) is 5.82 Å². The maximum Gasteiger partial charge on any atom is 0.418 e. The average molecular weight is 320 g/mol. The smallest absolute Gasteiger partial charge is 0.394 e. The van der Waals surface area contributed by atoms with Crippen LogP contribution in [0.1, 0.15) is 31.2 Å². The van der Waals surface area contributed by atoms with Crippen LogP contribution >= 0.6 is 0 Å². The number of aliphatic hydroxyl groups excluding tert-OH is 1. The monoisotopic (exact) mass is 320 g/mol. The van der Waals surface area contributed by atoms with Gasteiger partial charge in [0.05, 0.1) is 23.4 Å². The summed E-state index contributed by atoms with van der Waals surface area (Å²) in [6, 6.07) is 1.17. The predicted molar refractivity (Wildman–Crippen MR) is 71.8 cm³/mol. The highest BCUT2D eigenvalue weighted by Gasteiger charge is 2.37. The molecule has 4 nitrogen and oxygen atoms in total. The van der Waals surface area contributed by atoms with E-state index < -0.39 is 34.8 Å². The minimum absolute atomic E-state index is 0.282. The van der Waals surface area contributed by atoms with Gasteiger partial charge >= 0.3 is 12.2 Å². The fourth-order valence-corrected chi connectivity index (χ4v) is 2.63. The Bertz CT molecular complexity index is 554. The van der Waals surface area contributed by atoms with E-state index >= 15 is 0 Å². The van der Waals surface area contributed by atoms with Gasteiger partial charge in [0.2, 0.25) is 0 Å². The lowest BCUT2D eigenvalue weighted by Gasteiger charge is -2.28. The number of amides is 2. The van der Waals surface area contributed by atoms with Crippen molar-refractivity contribution in [2.75, 3.05) is 11.9 Å². The van der Waals surface area contributed by atoms with E-state index in [2.05, 4.69) is 10.6 Å². The predicted octanol–water partition coefficient (Wildman–Crippen LogP) is 3.27. The Labute approximate surface area is 124 Å². The van der Waals surface area contributed by atoms with E-state index in [9.17, 15) is 27.5 Å². The standard InChI is InChI=1S/C14H16F4N2O2/c15-9-3-4-11(10(7-9)14(16,17)18)19-12(22)20-13(8-21)5-1-2-6-13/h3-4,7,21H,1-2,5-6,8H2,(H2,19,20,22). The van der Waals surface area contributed by atoms with E-state index in [0.717, 1.165) is 25.0 Å². The van der Waals surface area contributed by atoms with Gasteiger partial charge in [-0.2, -0.15) is 13.2 Å². The van der Waals surface area contributed by atoms with Crippen LogP contribution in [0.25, 0.3) is 0 Å². The summed E-state index contributed by atoms with van der Waals surface area (Å²) in [7, 11) is 0. The number of rotatable bonds is 3. The zero-order valence-corrected chi connectivity index (χ0v) is 11.6. The second-order valence-electron chi connectivity index (χ2n) is 5.41. The molecule has 0 saturated heterocycles. The number of halogens is 4. The van der Waals surface area contributed by atoms with Crippen LogP contribution in [0.15, 0.2) is 18.2 Å². The molecule has 2 amide bonds. The Balaban J connectivity index is 2.15. The van der Waals surface area contributed by atoms with Crippen LogP contribution in [0.2, 0.25) is 0 Å². The average Bonchev–Trinajstić information content (AvgIpc) is 2.88. The number of hydrogen-bond donors (Lipinski definition) is 3. The fraction of sp³-hybridized carbons (Fsp3) is 0.500. The number of anilines is 1. The van der Waals surface area contributed by atoms with Gasteiger partial charge in [0.15, 0.2) is 0 Å². The lowest BCUT2D eigenvalue weighted by atomic mass is 9.99. The first-order valence-corrected chi connectivity index (χ1v) is 6.82. The van der Waals surface area contributed by atoms with Crippen LogP contribution in [0.5, 0.6) is 0 Å². The van der Waals surface area contributed by atoms with Gasteiger partial charge in [0.25, 0.3) is 0 Å². The molecule has 0 aromatic heterocycles. The van der Waals surface area contributed by atoms with Gasteiger partial charge in [-0.15, -0.1) is 0 Å². The fourth-order valence-electron chi connectivity index (χ4n) is 2.63. The van der Waals surface area contributed by atoms with Crippen molar-refractivity contribution in [3.8, 4) is 0 Å². The molecule has 3 N–H and O–H groups in total. The summed E-state index contributed by atoms with van der Waals surface area (Å²) < 4.78 is 51.5. The third kappa shape index (κ3) is 3.68. The molecule has 1 fully saturated rings. The summed E-state index contributed by atoms with van der Waals surface area (Å²) in [6.45, 7) is -0.282. The van der Waals surface area contributed by atoms with Crippen molar-refractivity contribution in [3.05, 3.63) is 29.6 Å². The topological polar surface area (TPSA) is 61.4 Å². The summed E-state index contributed by atoms with van der Waals surface area (Å²) >= 11 is 0. The SMILES string of the molecule is O=C(Nc1ccc(F)cc1C(F)(F)F)NC1(CO)CCCC1. The Hall–Kier alpha value is -1.83. The van der Waals surface area contributed by atoms with Gasteiger partial charge in [-0.05, 0) is 31.0 Å². The summed E-state index contributed by atoms with van der Waals surface area (Å²) in [5.74, 6) is -1.04. The molecular formula is C14H16F4N2O2. The maximum absolute atomic E-state index is 13.0. The van der Waals surface area contributed by atoms with Crippen LogP contribution in [0.3, 0.4) is 0 Å². The summed E-state index contributed by atoms with van der Waals surface area (Å²) in [5.41, 5.74) is -2.59. The van der Waals surface area contributed by atoms with Gasteiger partial charge in [-0.25, -0.2) is 9.18 Å². The van der Waals surface area contributed by atoms with Crippen molar-refractivity contribution in [1.82, 2.24) is 5.32 Å². The first-order valence-electron chi connectivity index (χ1n) is 6.82. The number of urea groups is 1. The van der Waals surface area contributed by atoms with Crippen LogP contribution in [-0.4, -0.2) is 23.3 Å². The first-order chi connectivity index (χ1) is 10.3. The number of aliphatic hydroxyl groups is 1. The zero-order valence-electron chi connectivity index (χ0n) is 11.6. The second-order valence-corrected chi connectivity index (χ2v) is 5.41. The van der Waals surface area contributed by atoms with Crippen molar-refractivity contribution in [3.63, 3.8) is 0 Å². The Morgan fingerprint density at radius 2 is 1.91 bits per heavy atom. The molecule has 0 unspecified atom stereocenters. The number of carbonyl (C=O) groups is 1. The van der Waals surface area contributed by atoms with Crippen molar-refractivity contribution < 1.29 is 27.5 Å². The minimum Gasteiger partial charge on any atom is -0.394 e. The molecule has 8 heteroatoms. The molecule has 122 valence electrons. The number of benzene rings is 1. The van der Waals surface area contributed by atoms with Crippen molar-refractivity contribution in [2.24, 2.45) is 0 Å². The lowest BCUT2D eigenvalue weighted by Crippen LogP contribution is -2.50. The molecular weight excluding hydrogens is 304 g/mol. The maximum atomic E-state index is 13.0.